The van der Waals surface area contributed by atoms with Gasteiger partial charge in [0.25, 0.3) is 8.53 Å². The Hall–Kier alpha value is -2.30. The standard InChI is InChI=1S/C50H89N2O6P/c1-7-9-11-13-15-17-19-21-23-24-26-28-30-32-34-36-38-41-50(54)58-48(45-57-59(56-43-39-42-51)52(46(3)4)47(5)6)44-55-49(53)40-37-35-33-31-29-27-25-22-20-18-16-14-12-10-8-2/h15,17,21,23,26,28,32,34,46-48H,7-14,16,18-20,22,24-25,27,29-31,33,35-41,43-45H2,1-6H3/b17-15-,23-21-,28-26-,34-32-/t48-,59?/m1/s1. The van der Waals surface area contributed by atoms with Crippen molar-refractivity contribution in [3.63, 3.8) is 0 Å². The van der Waals surface area contributed by atoms with Crippen molar-refractivity contribution >= 4 is 20.5 Å². The van der Waals surface area contributed by atoms with Gasteiger partial charge in [-0.1, -0.05) is 165 Å². The molecule has 0 amide bonds. The van der Waals surface area contributed by atoms with Gasteiger partial charge < -0.3 is 18.5 Å². The number of nitrogens with zero attached hydrogens (tertiary/aromatic N) is 2. The molecule has 0 fully saturated rings. The van der Waals surface area contributed by atoms with E-state index in [0.29, 0.717) is 12.8 Å². The van der Waals surface area contributed by atoms with Crippen molar-refractivity contribution in [3.8, 4) is 6.07 Å². The van der Waals surface area contributed by atoms with Gasteiger partial charge in [-0.25, -0.2) is 4.67 Å². The fourth-order valence-electron chi connectivity index (χ4n) is 6.65. The highest BCUT2D eigenvalue weighted by molar-refractivity contribution is 7.44. The lowest BCUT2D eigenvalue weighted by Crippen LogP contribution is -2.35. The van der Waals surface area contributed by atoms with Gasteiger partial charge in [0.15, 0.2) is 6.10 Å². The molecule has 0 heterocycles. The van der Waals surface area contributed by atoms with Gasteiger partial charge in [0, 0.05) is 24.9 Å². The molecule has 8 nitrogen and oxygen atoms in total. The Morgan fingerprint density at radius 3 is 1.49 bits per heavy atom. The molecule has 0 saturated carbocycles. The van der Waals surface area contributed by atoms with E-state index in [-0.39, 0.29) is 56.7 Å². The van der Waals surface area contributed by atoms with E-state index in [4.69, 9.17) is 23.8 Å². The third-order valence-corrected chi connectivity index (χ3v) is 12.0. The van der Waals surface area contributed by atoms with Crippen LogP contribution in [0, 0.1) is 11.3 Å². The third kappa shape index (κ3) is 38.4. The summed E-state index contributed by atoms with van der Waals surface area (Å²) in [5.74, 6) is -0.618. The zero-order chi connectivity index (χ0) is 43.4. The lowest BCUT2D eigenvalue weighted by molar-refractivity contribution is -0.161. The highest BCUT2D eigenvalue weighted by Gasteiger charge is 2.29. The van der Waals surface area contributed by atoms with Crippen molar-refractivity contribution < 1.29 is 28.1 Å². The number of ether oxygens (including phenoxy) is 2. The zero-order valence-electron chi connectivity index (χ0n) is 38.9. The summed E-state index contributed by atoms with van der Waals surface area (Å²) in [6.45, 7) is 13.0. The summed E-state index contributed by atoms with van der Waals surface area (Å²) >= 11 is 0. The number of carbonyl (C=O) groups is 2. The average Bonchev–Trinajstić information content (AvgIpc) is 3.21. The molecule has 0 bridgehead atoms. The van der Waals surface area contributed by atoms with Crippen LogP contribution in [0.2, 0.25) is 0 Å². The smallest absolute Gasteiger partial charge is 0.306 e. The Kier molecular flexibility index (Phi) is 42.1. The predicted molar refractivity (Wildman–Crippen MR) is 250 cm³/mol. The summed E-state index contributed by atoms with van der Waals surface area (Å²) < 4.78 is 25.9. The molecule has 0 saturated heterocycles. The lowest BCUT2D eigenvalue weighted by atomic mass is 10.0. The van der Waals surface area contributed by atoms with E-state index in [1.54, 1.807) is 0 Å². The number of allylic oxidation sites excluding steroid dienone is 8. The Labute approximate surface area is 365 Å². The van der Waals surface area contributed by atoms with Crippen molar-refractivity contribution in [2.45, 2.75) is 233 Å². The third-order valence-electron chi connectivity index (χ3n) is 9.96. The second kappa shape index (κ2) is 43.8. The minimum atomic E-state index is -1.53. The molecule has 0 aromatic heterocycles. The second-order valence-electron chi connectivity index (χ2n) is 16.3. The number of nitriles is 1. The SMILES string of the molecule is CCCCC/C=C\C/C=C\C/C=C\C/C=C\CCCC(=O)O[C@H](COC(=O)CCCCCCCCCCCCCCCCC)COP(OCCC#N)N(C(C)C)C(C)C. The molecule has 0 aromatic carbocycles. The zero-order valence-corrected chi connectivity index (χ0v) is 39.7. The van der Waals surface area contributed by atoms with Gasteiger partial charge in [-0.2, -0.15) is 5.26 Å². The Bertz CT molecular complexity index is 1120. The number of esters is 2. The number of hydrogen-bond acceptors (Lipinski definition) is 8. The van der Waals surface area contributed by atoms with Gasteiger partial charge in [-0.15, -0.1) is 0 Å². The number of rotatable bonds is 42. The molecule has 59 heavy (non-hydrogen) atoms. The summed E-state index contributed by atoms with van der Waals surface area (Å²) in [5.41, 5.74) is 0. The summed E-state index contributed by atoms with van der Waals surface area (Å²) in [7, 11) is -1.53. The van der Waals surface area contributed by atoms with Gasteiger partial charge in [-0.05, 0) is 79.1 Å². The topological polar surface area (TPSA) is 98.1 Å². The van der Waals surface area contributed by atoms with Crippen LogP contribution in [0.4, 0.5) is 0 Å². The Morgan fingerprint density at radius 1 is 0.559 bits per heavy atom. The largest absolute Gasteiger partial charge is 0.462 e. The molecule has 0 spiro atoms. The molecule has 9 heteroatoms. The first-order valence-electron chi connectivity index (χ1n) is 23.9. The fourth-order valence-corrected chi connectivity index (χ4v) is 8.28. The maximum atomic E-state index is 13.0. The molecule has 0 rings (SSSR count). The molecule has 1 unspecified atom stereocenters. The van der Waals surface area contributed by atoms with Gasteiger partial charge >= 0.3 is 11.9 Å². The van der Waals surface area contributed by atoms with Crippen molar-refractivity contribution in [2.75, 3.05) is 19.8 Å². The van der Waals surface area contributed by atoms with E-state index in [1.165, 1.54) is 103 Å². The van der Waals surface area contributed by atoms with E-state index < -0.39 is 14.6 Å². The van der Waals surface area contributed by atoms with Crippen LogP contribution >= 0.6 is 8.53 Å². The van der Waals surface area contributed by atoms with E-state index >= 15 is 0 Å². The predicted octanol–water partition coefficient (Wildman–Crippen LogP) is 15.1. The van der Waals surface area contributed by atoms with Crippen molar-refractivity contribution in [2.24, 2.45) is 0 Å². The molecule has 0 radical (unpaired) electrons. The van der Waals surface area contributed by atoms with Crippen LogP contribution in [0.5, 0.6) is 0 Å². The van der Waals surface area contributed by atoms with Crippen LogP contribution in [0.3, 0.4) is 0 Å². The van der Waals surface area contributed by atoms with Crippen LogP contribution in [0.15, 0.2) is 48.6 Å². The summed E-state index contributed by atoms with van der Waals surface area (Å²) in [6, 6.07) is 2.39. The van der Waals surface area contributed by atoms with E-state index in [9.17, 15) is 9.59 Å². The average molecular weight is 845 g/mol. The maximum Gasteiger partial charge on any atom is 0.306 e. The lowest BCUT2D eigenvalue weighted by Gasteiger charge is -2.36. The first kappa shape index (κ1) is 56.7. The van der Waals surface area contributed by atoms with E-state index in [1.807, 2.05) is 0 Å². The second-order valence-corrected chi connectivity index (χ2v) is 17.8. The van der Waals surface area contributed by atoms with Crippen LogP contribution in [-0.4, -0.2) is 54.6 Å². The van der Waals surface area contributed by atoms with Crippen molar-refractivity contribution in [1.82, 2.24) is 4.67 Å². The van der Waals surface area contributed by atoms with Crippen LogP contribution < -0.4 is 0 Å². The molecule has 0 aliphatic heterocycles. The van der Waals surface area contributed by atoms with E-state index in [0.717, 1.165) is 44.9 Å². The summed E-state index contributed by atoms with van der Waals surface area (Å²) in [4.78, 5) is 25.7. The Balaban J connectivity index is 4.75. The maximum absolute atomic E-state index is 13.0. The molecule has 0 aromatic rings. The normalized spacial score (nSPS) is 13.2. The van der Waals surface area contributed by atoms with Crippen LogP contribution in [0.25, 0.3) is 0 Å². The quantitative estimate of drug-likeness (QED) is 0.0259. The minimum absolute atomic E-state index is 0.0311. The van der Waals surface area contributed by atoms with Gasteiger partial charge in [0.05, 0.1) is 25.7 Å². The number of carbonyl (C=O) groups excluding carboxylic acids is 2. The van der Waals surface area contributed by atoms with Crippen LogP contribution in [0.1, 0.15) is 215 Å². The highest BCUT2D eigenvalue weighted by Crippen LogP contribution is 2.46. The van der Waals surface area contributed by atoms with Crippen molar-refractivity contribution in [3.05, 3.63) is 48.6 Å². The summed E-state index contributed by atoms with van der Waals surface area (Å²) in [6.07, 6.45) is 46.0. The molecule has 0 aliphatic carbocycles. The Morgan fingerprint density at radius 2 is 1.00 bits per heavy atom. The first-order chi connectivity index (χ1) is 28.8. The summed E-state index contributed by atoms with van der Waals surface area (Å²) in [5, 5.41) is 9.08. The highest BCUT2D eigenvalue weighted by atomic mass is 31.2. The molecule has 340 valence electrons. The molecule has 0 aliphatic rings. The minimum Gasteiger partial charge on any atom is -0.462 e. The number of unbranched alkanes of at least 4 members (excludes halogenated alkanes) is 18. The van der Waals surface area contributed by atoms with Gasteiger partial charge in [0.1, 0.15) is 6.61 Å². The first-order valence-corrected chi connectivity index (χ1v) is 25.1. The molecule has 2 atom stereocenters. The molecule has 0 N–H and O–H groups in total. The molecular formula is C50H89N2O6P. The molecular weight excluding hydrogens is 756 g/mol. The van der Waals surface area contributed by atoms with Crippen LogP contribution in [-0.2, 0) is 28.1 Å². The monoisotopic (exact) mass is 845 g/mol. The van der Waals surface area contributed by atoms with E-state index in [2.05, 4.69) is 101 Å². The number of hydrogen-bond donors (Lipinski definition) is 0. The van der Waals surface area contributed by atoms with Crippen molar-refractivity contribution in [1.29, 1.82) is 5.26 Å². The fraction of sp³-hybridized carbons (Fsp3) is 0.780. The van der Waals surface area contributed by atoms with Gasteiger partial charge in [-0.3, -0.25) is 9.59 Å². The van der Waals surface area contributed by atoms with Gasteiger partial charge in [0.2, 0.25) is 0 Å².